The molecule has 0 saturated carbocycles. The molecule has 5 heteroatoms. The quantitative estimate of drug-likeness (QED) is 0.671. The zero-order valence-electron chi connectivity index (χ0n) is 10.4. The lowest BCUT2D eigenvalue weighted by Crippen LogP contribution is -2.32. The molecule has 0 saturated heterocycles. The minimum Gasteiger partial charge on any atom is -0.399 e. The number of carbonyl (C=O) groups is 1. The van der Waals surface area contributed by atoms with Crippen molar-refractivity contribution < 1.29 is 9.53 Å². The molecule has 0 aliphatic carbocycles. The molecule has 0 bridgehead atoms. The molecule has 0 aliphatic heterocycles. The van der Waals surface area contributed by atoms with Crippen LogP contribution in [0.1, 0.15) is 24.2 Å². The first-order valence-corrected chi connectivity index (χ1v) is 5.34. The highest BCUT2D eigenvalue weighted by molar-refractivity contribution is 5.99. The first-order valence-electron chi connectivity index (χ1n) is 5.34. The van der Waals surface area contributed by atoms with E-state index in [1.54, 1.807) is 25.3 Å². The molecule has 0 unspecified atom stereocenters. The number of hydrogen-bond donors (Lipinski definition) is 3. The molecule has 0 fully saturated rings. The Morgan fingerprint density at radius 2 is 2.12 bits per heavy atom. The van der Waals surface area contributed by atoms with E-state index in [0.717, 1.165) is 0 Å². The fraction of sp³-hybridized carbons (Fsp3) is 0.417. The van der Waals surface area contributed by atoms with Crippen LogP contribution in [0.5, 0.6) is 0 Å². The van der Waals surface area contributed by atoms with Crippen LogP contribution in [0.25, 0.3) is 0 Å². The van der Waals surface area contributed by atoms with E-state index in [-0.39, 0.29) is 5.60 Å². The topological polar surface area (TPSA) is 90.4 Å². The van der Waals surface area contributed by atoms with Crippen molar-refractivity contribution in [2.75, 3.05) is 24.7 Å². The van der Waals surface area contributed by atoms with Gasteiger partial charge in [0.15, 0.2) is 0 Å². The number of carbonyl (C=O) groups excluding carboxylic acids is 1. The number of nitrogens with one attached hydrogen (secondary N) is 1. The smallest absolute Gasteiger partial charge is 0.250 e. The first kappa shape index (κ1) is 13.3. The molecule has 17 heavy (non-hydrogen) atoms. The largest absolute Gasteiger partial charge is 0.399 e. The summed E-state index contributed by atoms with van der Waals surface area (Å²) in [6.45, 7) is 4.45. The predicted molar refractivity (Wildman–Crippen MR) is 69.0 cm³/mol. The Bertz CT molecular complexity index is 416. The Morgan fingerprint density at radius 3 is 2.65 bits per heavy atom. The Balaban J connectivity index is 2.88. The number of hydrogen-bond acceptors (Lipinski definition) is 4. The summed E-state index contributed by atoms with van der Waals surface area (Å²) in [5.74, 6) is -0.505. The summed E-state index contributed by atoms with van der Waals surface area (Å²) in [6, 6.07) is 5.01. The molecule has 1 aromatic carbocycles. The minimum atomic E-state index is -0.505. The van der Waals surface area contributed by atoms with Crippen LogP contribution in [0.2, 0.25) is 0 Å². The van der Waals surface area contributed by atoms with E-state index in [2.05, 4.69) is 5.32 Å². The van der Waals surface area contributed by atoms with E-state index >= 15 is 0 Å². The monoisotopic (exact) mass is 237 g/mol. The van der Waals surface area contributed by atoms with E-state index in [0.29, 0.717) is 23.5 Å². The second-order valence-electron chi connectivity index (χ2n) is 4.49. The maximum atomic E-state index is 11.3. The van der Waals surface area contributed by atoms with Crippen LogP contribution in [0, 0.1) is 0 Å². The Morgan fingerprint density at radius 1 is 1.47 bits per heavy atom. The van der Waals surface area contributed by atoms with Crippen LogP contribution >= 0.6 is 0 Å². The minimum absolute atomic E-state index is 0.323. The van der Waals surface area contributed by atoms with Gasteiger partial charge in [0.2, 0.25) is 0 Å². The fourth-order valence-corrected chi connectivity index (χ4v) is 1.30. The third-order valence-corrected chi connectivity index (χ3v) is 2.57. The lowest BCUT2D eigenvalue weighted by molar-refractivity contribution is 0.0343. The van der Waals surface area contributed by atoms with Crippen LogP contribution < -0.4 is 16.8 Å². The summed E-state index contributed by atoms with van der Waals surface area (Å²) in [7, 11) is 1.64. The number of amides is 1. The molecule has 1 rings (SSSR count). The normalized spacial score (nSPS) is 11.2. The fourth-order valence-electron chi connectivity index (χ4n) is 1.30. The van der Waals surface area contributed by atoms with Crippen molar-refractivity contribution in [3.05, 3.63) is 23.8 Å². The first-order chi connectivity index (χ1) is 7.85. The van der Waals surface area contributed by atoms with Crippen molar-refractivity contribution in [2.24, 2.45) is 5.73 Å². The molecule has 1 aromatic rings. The van der Waals surface area contributed by atoms with Crippen molar-refractivity contribution in [3.63, 3.8) is 0 Å². The van der Waals surface area contributed by atoms with Crippen LogP contribution in [-0.4, -0.2) is 25.2 Å². The molecule has 0 atom stereocenters. The molecule has 0 heterocycles. The number of nitrogens with two attached hydrogens (primary N) is 2. The Kier molecular flexibility index (Phi) is 3.96. The molecule has 94 valence electrons. The highest BCUT2D eigenvalue weighted by atomic mass is 16.5. The van der Waals surface area contributed by atoms with Gasteiger partial charge in [-0.2, -0.15) is 0 Å². The van der Waals surface area contributed by atoms with E-state index in [1.165, 1.54) is 0 Å². The number of primary amides is 1. The van der Waals surface area contributed by atoms with Crippen molar-refractivity contribution in [3.8, 4) is 0 Å². The summed E-state index contributed by atoms with van der Waals surface area (Å²) in [5.41, 5.74) is 12.1. The molecular formula is C12H19N3O2. The molecule has 0 aromatic heterocycles. The van der Waals surface area contributed by atoms with Crippen LogP contribution in [0.15, 0.2) is 18.2 Å². The summed E-state index contributed by atoms with van der Waals surface area (Å²) in [5, 5.41) is 3.13. The molecule has 1 amide bonds. The van der Waals surface area contributed by atoms with E-state index in [1.807, 2.05) is 13.8 Å². The van der Waals surface area contributed by atoms with Gasteiger partial charge in [-0.05, 0) is 32.0 Å². The molecule has 5 N–H and O–H groups in total. The van der Waals surface area contributed by atoms with Crippen molar-refractivity contribution in [2.45, 2.75) is 19.4 Å². The van der Waals surface area contributed by atoms with Gasteiger partial charge in [-0.1, -0.05) is 0 Å². The average molecular weight is 237 g/mol. The molecule has 0 spiro atoms. The zero-order chi connectivity index (χ0) is 13.1. The van der Waals surface area contributed by atoms with E-state index < -0.39 is 5.91 Å². The van der Waals surface area contributed by atoms with Crippen molar-refractivity contribution >= 4 is 17.3 Å². The lowest BCUT2D eigenvalue weighted by atomic mass is 10.1. The van der Waals surface area contributed by atoms with Crippen LogP contribution in [-0.2, 0) is 4.74 Å². The average Bonchev–Trinajstić information content (AvgIpc) is 2.27. The van der Waals surface area contributed by atoms with Gasteiger partial charge in [-0.15, -0.1) is 0 Å². The summed E-state index contributed by atoms with van der Waals surface area (Å²) < 4.78 is 5.28. The molecule has 0 aliphatic rings. The second-order valence-corrected chi connectivity index (χ2v) is 4.49. The van der Waals surface area contributed by atoms with Gasteiger partial charge in [0, 0.05) is 25.0 Å². The predicted octanol–water partition coefficient (Wildman–Crippen LogP) is 1.20. The standard InChI is InChI=1S/C12H19N3O2/c1-12(2,17-3)7-15-10-5-4-8(13)6-9(10)11(14)16/h4-6,15H,7,13H2,1-3H3,(H2,14,16). The Hall–Kier alpha value is -1.75. The Labute approximate surface area is 101 Å². The van der Waals surface area contributed by atoms with Gasteiger partial charge in [-0.25, -0.2) is 0 Å². The third-order valence-electron chi connectivity index (χ3n) is 2.57. The molecular weight excluding hydrogens is 218 g/mol. The lowest BCUT2D eigenvalue weighted by Gasteiger charge is -2.24. The van der Waals surface area contributed by atoms with Crippen LogP contribution in [0.4, 0.5) is 11.4 Å². The number of benzene rings is 1. The zero-order valence-corrected chi connectivity index (χ0v) is 10.4. The number of rotatable bonds is 5. The van der Waals surface area contributed by atoms with Crippen molar-refractivity contribution in [1.29, 1.82) is 0 Å². The highest BCUT2D eigenvalue weighted by Gasteiger charge is 2.17. The number of nitrogen functional groups attached to an aromatic ring is 1. The van der Waals surface area contributed by atoms with Gasteiger partial charge >= 0.3 is 0 Å². The third kappa shape index (κ3) is 3.64. The van der Waals surface area contributed by atoms with Gasteiger partial charge in [-0.3, -0.25) is 4.79 Å². The molecule has 0 radical (unpaired) electrons. The van der Waals surface area contributed by atoms with Gasteiger partial charge in [0.1, 0.15) is 0 Å². The van der Waals surface area contributed by atoms with E-state index in [9.17, 15) is 4.79 Å². The maximum Gasteiger partial charge on any atom is 0.250 e. The number of ether oxygens (including phenoxy) is 1. The highest BCUT2D eigenvalue weighted by Crippen LogP contribution is 2.19. The summed E-state index contributed by atoms with van der Waals surface area (Å²) in [4.78, 5) is 11.3. The van der Waals surface area contributed by atoms with Gasteiger partial charge in [0.05, 0.1) is 11.2 Å². The van der Waals surface area contributed by atoms with Gasteiger partial charge < -0.3 is 21.5 Å². The maximum absolute atomic E-state index is 11.3. The van der Waals surface area contributed by atoms with Crippen LogP contribution in [0.3, 0.4) is 0 Å². The van der Waals surface area contributed by atoms with Gasteiger partial charge in [0.25, 0.3) is 5.91 Å². The second kappa shape index (κ2) is 5.05. The molecule has 5 nitrogen and oxygen atoms in total. The SMILES string of the molecule is COC(C)(C)CNc1ccc(N)cc1C(N)=O. The van der Waals surface area contributed by atoms with Crippen molar-refractivity contribution in [1.82, 2.24) is 0 Å². The number of methoxy groups -OCH3 is 1. The summed E-state index contributed by atoms with van der Waals surface area (Å²) in [6.07, 6.45) is 0. The van der Waals surface area contributed by atoms with E-state index in [4.69, 9.17) is 16.2 Å². The summed E-state index contributed by atoms with van der Waals surface area (Å²) >= 11 is 0. The number of anilines is 2.